The lowest BCUT2D eigenvalue weighted by atomic mass is 10.1. The number of aryl methyl sites for hydroxylation is 1. The number of benzene rings is 1. The maximum atomic E-state index is 11.8. The summed E-state index contributed by atoms with van der Waals surface area (Å²) < 4.78 is 7.14. The summed E-state index contributed by atoms with van der Waals surface area (Å²) in [6.45, 7) is 6.41. The smallest absolute Gasteiger partial charge is 0.347 e. The van der Waals surface area contributed by atoms with E-state index >= 15 is 0 Å². The molecule has 1 heterocycles. The summed E-state index contributed by atoms with van der Waals surface area (Å²) in [7, 11) is 0. The summed E-state index contributed by atoms with van der Waals surface area (Å²) in [6.07, 6.45) is 2.75. The molecule has 5 heteroatoms. The van der Waals surface area contributed by atoms with Crippen LogP contribution in [0.5, 0.6) is 5.75 Å². The van der Waals surface area contributed by atoms with Crippen molar-refractivity contribution in [2.75, 3.05) is 6.61 Å². The Labute approximate surface area is 123 Å². The highest BCUT2D eigenvalue weighted by molar-refractivity contribution is 5.38. The van der Waals surface area contributed by atoms with Gasteiger partial charge in [-0.25, -0.2) is 9.78 Å². The molecule has 0 spiro atoms. The zero-order valence-electron chi connectivity index (χ0n) is 12.5. The molecule has 1 N–H and O–H groups in total. The number of aliphatic hydroxyl groups is 1. The largest absolute Gasteiger partial charge is 0.494 e. The molecule has 0 aliphatic rings. The molecule has 0 aliphatic heterocycles. The molecule has 112 valence electrons. The first-order chi connectivity index (χ1) is 10.0. The van der Waals surface area contributed by atoms with Crippen molar-refractivity contribution in [3.8, 4) is 5.75 Å². The van der Waals surface area contributed by atoms with Crippen LogP contribution in [0.3, 0.4) is 0 Å². The molecule has 2 rings (SSSR count). The molecule has 0 saturated carbocycles. The molecule has 1 unspecified atom stereocenters. The van der Waals surface area contributed by atoms with Gasteiger partial charge in [0.1, 0.15) is 5.75 Å². The summed E-state index contributed by atoms with van der Waals surface area (Å²) in [4.78, 5) is 15.7. The standard InChI is InChI=1S/C16H20N2O3/c1-4-21-15-6-5-13(12(3)19)7-14(15)10-18-9-11(2)8-17-16(18)20/h5-9,12,19H,4,10H2,1-3H3. The molecular formula is C16H20N2O3. The second-order valence-corrected chi connectivity index (χ2v) is 5.02. The van der Waals surface area contributed by atoms with E-state index in [4.69, 9.17) is 4.74 Å². The maximum Gasteiger partial charge on any atom is 0.347 e. The minimum atomic E-state index is -0.563. The van der Waals surface area contributed by atoms with Crippen LogP contribution in [0.25, 0.3) is 0 Å². The minimum absolute atomic E-state index is 0.300. The third kappa shape index (κ3) is 3.70. The van der Waals surface area contributed by atoms with Crippen molar-refractivity contribution < 1.29 is 9.84 Å². The Bertz CT molecular complexity index is 677. The zero-order chi connectivity index (χ0) is 15.4. The molecule has 0 fully saturated rings. The van der Waals surface area contributed by atoms with Gasteiger partial charge in [0.05, 0.1) is 19.3 Å². The summed E-state index contributed by atoms with van der Waals surface area (Å²) >= 11 is 0. The van der Waals surface area contributed by atoms with E-state index in [0.29, 0.717) is 13.2 Å². The van der Waals surface area contributed by atoms with Crippen LogP contribution in [0.4, 0.5) is 0 Å². The molecule has 1 aromatic heterocycles. The Balaban J connectivity index is 2.42. The highest BCUT2D eigenvalue weighted by Gasteiger charge is 2.10. The highest BCUT2D eigenvalue weighted by atomic mass is 16.5. The lowest BCUT2D eigenvalue weighted by Crippen LogP contribution is -2.23. The van der Waals surface area contributed by atoms with E-state index in [0.717, 1.165) is 22.4 Å². The van der Waals surface area contributed by atoms with Crippen molar-refractivity contribution in [2.24, 2.45) is 0 Å². The minimum Gasteiger partial charge on any atom is -0.494 e. The molecule has 21 heavy (non-hydrogen) atoms. The van der Waals surface area contributed by atoms with Crippen molar-refractivity contribution in [1.82, 2.24) is 9.55 Å². The van der Waals surface area contributed by atoms with Crippen LogP contribution < -0.4 is 10.4 Å². The van der Waals surface area contributed by atoms with E-state index in [9.17, 15) is 9.90 Å². The van der Waals surface area contributed by atoms with Gasteiger partial charge in [0, 0.05) is 18.0 Å². The van der Waals surface area contributed by atoms with Crippen molar-refractivity contribution in [1.29, 1.82) is 0 Å². The van der Waals surface area contributed by atoms with Gasteiger partial charge in [0.2, 0.25) is 0 Å². The monoisotopic (exact) mass is 288 g/mol. The number of hydrogen-bond donors (Lipinski definition) is 1. The van der Waals surface area contributed by atoms with Gasteiger partial charge < -0.3 is 9.84 Å². The van der Waals surface area contributed by atoms with Crippen LogP contribution in [-0.4, -0.2) is 21.3 Å². The zero-order valence-corrected chi connectivity index (χ0v) is 12.5. The summed E-state index contributed by atoms with van der Waals surface area (Å²) in [5.74, 6) is 0.718. The average molecular weight is 288 g/mol. The predicted octanol–water partition coefficient (Wildman–Crippen LogP) is 2.05. The van der Waals surface area contributed by atoms with Crippen LogP contribution in [0.15, 0.2) is 35.4 Å². The van der Waals surface area contributed by atoms with Crippen LogP contribution >= 0.6 is 0 Å². The van der Waals surface area contributed by atoms with Crippen LogP contribution in [-0.2, 0) is 6.54 Å². The van der Waals surface area contributed by atoms with Gasteiger partial charge in [-0.3, -0.25) is 4.57 Å². The normalized spacial score (nSPS) is 12.2. The maximum absolute atomic E-state index is 11.8. The molecule has 0 aliphatic carbocycles. The van der Waals surface area contributed by atoms with Gasteiger partial charge in [0.25, 0.3) is 0 Å². The second kappa shape index (κ2) is 6.54. The van der Waals surface area contributed by atoms with Crippen LogP contribution in [0.1, 0.15) is 36.6 Å². The third-order valence-electron chi connectivity index (χ3n) is 3.19. The number of aromatic nitrogens is 2. The molecule has 1 atom stereocenters. The Morgan fingerprint density at radius 3 is 2.86 bits per heavy atom. The topological polar surface area (TPSA) is 64.3 Å². The van der Waals surface area contributed by atoms with Gasteiger partial charge in [-0.1, -0.05) is 6.07 Å². The van der Waals surface area contributed by atoms with Gasteiger partial charge in [0.15, 0.2) is 0 Å². The first kappa shape index (κ1) is 15.3. The van der Waals surface area contributed by atoms with Gasteiger partial charge in [-0.05, 0) is 44.0 Å². The molecule has 0 amide bonds. The second-order valence-electron chi connectivity index (χ2n) is 5.02. The number of aliphatic hydroxyl groups excluding tert-OH is 1. The van der Waals surface area contributed by atoms with E-state index in [-0.39, 0.29) is 5.69 Å². The molecule has 0 saturated heterocycles. The summed E-state index contributed by atoms with van der Waals surface area (Å²) in [5, 5.41) is 9.71. The van der Waals surface area contributed by atoms with Crippen molar-refractivity contribution in [3.05, 3.63) is 57.8 Å². The first-order valence-electron chi connectivity index (χ1n) is 6.98. The summed E-state index contributed by atoms with van der Waals surface area (Å²) in [6, 6.07) is 5.52. The van der Waals surface area contributed by atoms with Gasteiger partial charge in [-0.2, -0.15) is 0 Å². The number of ether oxygens (including phenoxy) is 1. The van der Waals surface area contributed by atoms with E-state index < -0.39 is 6.10 Å². The van der Waals surface area contributed by atoms with Crippen LogP contribution in [0, 0.1) is 6.92 Å². The lowest BCUT2D eigenvalue weighted by molar-refractivity contribution is 0.199. The fraction of sp³-hybridized carbons (Fsp3) is 0.375. The van der Waals surface area contributed by atoms with Gasteiger partial charge in [-0.15, -0.1) is 0 Å². The molecule has 5 nitrogen and oxygen atoms in total. The molecule has 2 aromatic rings. The number of hydrogen-bond acceptors (Lipinski definition) is 4. The number of rotatable bonds is 5. The van der Waals surface area contributed by atoms with E-state index in [2.05, 4.69) is 4.98 Å². The van der Waals surface area contributed by atoms with E-state index in [1.165, 1.54) is 0 Å². The van der Waals surface area contributed by atoms with Crippen molar-refractivity contribution in [3.63, 3.8) is 0 Å². The fourth-order valence-electron chi connectivity index (χ4n) is 2.14. The number of nitrogens with zero attached hydrogens (tertiary/aromatic N) is 2. The Morgan fingerprint density at radius 2 is 2.19 bits per heavy atom. The van der Waals surface area contributed by atoms with E-state index in [1.807, 2.05) is 32.0 Å². The summed E-state index contributed by atoms with van der Waals surface area (Å²) in [5.41, 5.74) is 2.26. The average Bonchev–Trinajstić information content (AvgIpc) is 2.44. The Kier molecular flexibility index (Phi) is 4.75. The Hall–Kier alpha value is -2.14. The SMILES string of the molecule is CCOc1ccc(C(C)O)cc1Cn1cc(C)cnc1=O. The first-order valence-corrected chi connectivity index (χ1v) is 6.98. The molecular weight excluding hydrogens is 268 g/mol. The highest BCUT2D eigenvalue weighted by Crippen LogP contribution is 2.24. The Morgan fingerprint density at radius 1 is 1.43 bits per heavy atom. The van der Waals surface area contributed by atoms with E-state index in [1.54, 1.807) is 23.9 Å². The third-order valence-corrected chi connectivity index (χ3v) is 3.19. The quantitative estimate of drug-likeness (QED) is 0.914. The fourth-order valence-corrected chi connectivity index (χ4v) is 2.14. The molecule has 1 aromatic carbocycles. The lowest BCUT2D eigenvalue weighted by Gasteiger charge is -2.14. The predicted molar refractivity (Wildman–Crippen MR) is 80.6 cm³/mol. The molecule has 0 radical (unpaired) electrons. The van der Waals surface area contributed by atoms with Crippen molar-refractivity contribution in [2.45, 2.75) is 33.4 Å². The van der Waals surface area contributed by atoms with Crippen LogP contribution in [0.2, 0.25) is 0 Å². The van der Waals surface area contributed by atoms with Gasteiger partial charge >= 0.3 is 5.69 Å². The molecule has 0 bridgehead atoms. The van der Waals surface area contributed by atoms with Crippen molar-refractivity contribution >= 4 is 0 Å².